The van der Waals surface area contributed by atoms with Gasteiger partial charge in [-0.2, -0.15) is 11.8 Å². The molecular weight excluding hydrogens is 216 g/mol. The fourth-order valence-electron chi connectivity index (χ4n) is 2.47. The Hall–Kier alpha value is 0.270. The van der Waals surface area contributed by atoms with Gasteiger partial charge >= 0.3 is 0 Å². The predicted molar refractivity (Wildman–Crippen MR) is 73.2 cm³/mol. The van der Waals surface area contributed by atoms with Crippen LogP contribution in [0.3, 0.4) is 0 Å². The van der Waals surface area contributed by atoms with Gasteiger partial charge in [0.1, 0.15) is 0 Å². The third kappa shape index (κ3) is 3.94. The Bertz CT molecular complexity index is 200. The van der Waals surface area contributed by atoms with Gasteiger partial charge in [0, 0.05) is 23.6 Å². The molecule has 1 heterocycles. The van der Waals surface area contributed by atoms with Gasteiger partial charge in [0.25, 0.3) is 0 Å². The zero-order valence-corrected chi connectivity index (χ0v) is 11.6. The van der Waals surface area contributed by atoms with Crippen LogP contribution >= 0.6 is 11.8 Å². The third-order valence-corrected chi connectivity index (χ3v) is 5.44. The van der Waals surface area contributed by atoms with Gasteiger partial charge in [0.2, 0.25) is 0 Å². The van der Waals surface area contributed by atoms with Crippen molar-refractivity contribution in [2.45, 2.75) is 43.9 Å². The molecule has 94 valence electrons. The second kappa shape index (κ2) is 6.27. The van der Waals surface area contributed by atoms with Crippen molar-refractivity contribution in [1.82, 2.24) is 10.2 Å². The molecule has 2 rings (SSSR count). The molecule has 0 aromatic carbocycles. The Labute approximate surface area is 105 Å². The van der Waals surface area contributed by atoms with Crippen LogP contribution in [0.15, 0.2) is 0 Å². The summed E-state index contributed by atoms with van der Waals surface area (Å²) >= 11 is 2.19. The van der Waals surface area contributed by atoms with Crippen LogP contribution in [0.2, 0.25) is 0 Å². The molecule has 2 nitrogen and oxygen atoms in total. The second-order valence-corrected chi connectivity index (χ2v) is 6.79. The molecule has 1 atom stereocenters. The van der Waals surface area contributed by atoms with Crippen LogP contribution in [0.4, 0.5) is 0 Å². The van der Waals surface area contributed by atoms with Gasteiger partial charge < -0.3 is 10.2 Å². The summed E-state index contributed by atoms with van der Waals surface area (Å²) < 4.78 is 0. The fraction of sp³-hybridized carbons (Fsp3) is 1.00. The Morgan fingerprint density at radius 2 is 1.94 bits per heavy atom. The molecule has 1 saturated carbocycles. The molecule has 0 amide bonds. The lowest BCUT2D eigenvalue weighted by Crippen LogP contribution is -2.34. The van der Waals surface area contributed by atoms with E-state index in [1.165, 1.54) is 51.1 Å². The van der Waals surface area contributed by atoms with Crippen LogP contribution in [-0.2, 0) is 0 Å². The minimum absolute atomic E-state index is 0.814. The number of nitrogens with one attached hydrogen (secondary N) is 1. The van der Waals surface area contributed by atoms with Gasteiger partial charge in [-0.15, -0.1) is 0 Å². The van der Waals surface area contributed by atoms with E-state index in [2.05, 4.69) is 35.9 Å². The number of rotatable bonds is 6. The Morgan fingerprint density at radius 3 is 2.56 bits per heavy atom. The maximum absolute atomic E-state index is 3.43. The third-order valence-electron chi connectivity index (χ3n) is 4.08. The summed E-state index contributed by atoms with van der Waals surface area (Å²) in [6, 6.07) is 0.814. The van der Waals surface area contributed by atoms with Gasteiger partial charge in [-0.25, -0.2) is 0 Å². The molecule has 0 aromatic heterocycles. The first-order valence-electron chi connectivity index (χ1n) is 6.80. The molecule has 0 bridgehead atoms. The van der Waals surface area contributed by atoms with Gasteiger partial charge in [0.15, 0.2) is 0 Å². The van der Waals surface area contributed by atoms with Crippen molar-refractivity contribution in [3.63, 3.8) is 0 Å². The van der Waals surface area contributed by atoms with Crippen molar-refractivity contribution in [3.8, 4) is 0 Å². The molecule has 1 aliphatic carbocycles. The van der Waals surface area contributed by atoms with Crippen molar-refractivity contribution in [2.75, 3.05) is 32.4 Å². The smallest absolute Gasteiger partial charge is 0.00924 e. The van der Waals surface area contributed by atoms with Crippen molar-refractivity contribution in [2.24, 2.45) is 5.92 Å². The van der Waals surface area contributed by atoms with E-state index in [-0.39, 0.29) is 0 Å². The summed E-state index contributed by atoms with van der Waals surface area (Å²) in [5, 5.41) is 4.35. The topological polar surface area (TPSA) is 15.3 Å². The lowest BCUT2D eigenvalue weighted by molar-refractivity contribution is 0.248. The molecule has 0 aromatic rings. The molecule has 16 heavy (non-hydrogen) atoms. The highest BCUT2D eigenvalue weighted by molar-refractivity contribution is 7.99. The minimum atomic E-state index is 0.814. The van der Waals surface area contributed by atoms with Gasteiger partial charge in [-0.05, 0) is 58.7 Å². The molecule has 2 fully saturated rings. The first kappa shape index (κ1) is 12.7. The first-order chi connectivity index (χ1) is 7.77. The molecule has 1 unspecified atom stereocenters. The number of piperidine rings is 1. The zero-order chi connectivity index (χ0) is 11.4. The van der Waals surface area contributed by atoms with Crippen molar-refractivity contribution in [1.29, 1.82) is 0 Å². The van der Waals surface area contributed by atoms with E-state index in [9.17, 15) is 0 Å². The quantitative estimate of drug-likeness (QED) is 0.769. The van der Waals surface area contributed by atoms with Crippen LogP contribution in [0, 0.1) is 5.92 Å². The van der Waals surface area contributed by atoms with Gasteiger partial charge in [0.05, 0.1) is 0 Å². The van der Waals surface area contributed by atoms with Crippen LogP contribution in [0.5, 0.6) is 0 Å². The van der Waals surface area contributed by atoms with Crippen LogP contribution in [0.25, 0.3) is 0 Å². The van der Waals surface area contributed by atoms with Crippen LogP contribution in [0.1, 0.15) is 32.6 Å². The van der Waals surface area contributed by atoms with Crippen LogP contribution < -0.4 is 5.32 Å². The van der Waals surface area contributed by atoms with Crippen LogP contribution in [-0.4, -0.2) is 48.6 Å². The molecule has 1 N–H and O–H groups in total. The summed E-state index contributed by atoms with van der Waals surface area (Å²) in [5.41, 5.74) is 0. The van der Waals surface area contributed by atoms with Crippen molar-refractivity contribution >= 4 is 11.8 Å². The fourth-order valence-corrected chi connectivity index (χ4v) is 3.76. The summed E-state index contributed by atoms with van der Waals surface area (Å²) in [7, 11) is 2.30. The first-order valence-corrected chi connectivity index (χ1v) is 7.85. The average Bonchev–Trinajstić information content (AvgIpc) is 3.13. The van der Waals surface area contributed by atoms with E-state index in [1.54, 1.807) is 0 Å². The zero-order valence-electron chi connectivity index (χ0n) is 10.7. The number of hydrogen-bond donors (Lipinski definition) is 1. The SMILES string of the molecule is CC(C1CC1)N(C)CCSC1CCNCC1. The van der Waals surface area contributed by atoms with E-state index in [0.717, 1.165) is 17.2 Å². The van der Waals surface area contributed by atoms with Gasteiger partial charge in [-0.3, -0.25) is 0 Å². The molecule has 0 spiro atoms. The Morgan fingerprint density at radius 1 is 1.25 bits per heavy atom. The van der Waals surface area contributed by atoms with E-state index in [1.807, 2.05) is 0 Å². The molecule has 0 radical (unpaired) electrons. The van der Waals surface area contributed by atoms with Crippen molar-refractivity contribution < 1.29 is 0 Å². The van der Waals surface area contributed by atoms with E-state index >= 15 is 0 Å². The van der Waals surface area contributed by atoms with E-state index < -0.39 is 0 Å². The lowest BCUT2D eigenvalue weighted by Gasteiger charge is -2.26. The molecule has 2 aliphatic rings. The average molecular weight is 242 g/mol. The maximum Gasteiger partial charge on any atom is 0.00924 e. The highest BCUT2D eigenvalue weighted by Crippen LogP contribution is 2.34. The Kier molecular flexibility index (Phi) is 4.98. The molecular formula is C13H26N2S. The largest absolute Gasteiger partial charge is 0.317 e. The molecule has 3 heteroatoms. The van der Waals surface area contributed by atoms with E-state index in [4.69, 9.17) is 0 Å². The predicted octanol–water partition coefficient (Wildman–Crippen LogP) is 2.20. The molecule has 1 saturated heterocycles. The summed E-state index contributed by atoms with van der Waals surface area (Å²) in [5.74, 6) is 2.33. The van der Waals surface area contributed by atoms with Crippen molar-refractivity contribution in [3.05, 3.63) is 0 Å². The van der Waals surface area contributed by atoms with E-state index in [0.29, 0.717) is 0 Å². The second-order valence-electron chi connectivity index (χ2n) is 5.38. The highest BCUT2D eigenvalue weighted by Gasteiger charge is 2.30. The summed E-state index contributed by atoms with van der Waals surface area (Å²) in [6.45, 7) is 6.12. The summed E-state index contributed by atoms with van der Waals surface area (Å²) in [4.78, 5) is 2.56. The number of hydrogen-bond acceptors (Lipinski definition) is 3. The maximum atomic E-state index is 3.43. The molecule has 1 aliphatic heterocycles. The minimum Gasteiger partial charge on any atom is -0.317 e. The summed E-state index contributed by atoms with van der Waals surface area (Å²) in [6.07, 6.45) is 5.67. The number of nitrogens with zero attached hydrogens (tertiary/aromatic N) is 1. The normalized spacial score (nSPS) is 24.9. The standard InChI is InChI=1S/C13H26N2S/c1-11(12-3-4-12)15(2)9-10-16-13-5-7-14-8-6-13/h11-14H,3-10H2,1-2H3. The monoisotopic (exact) mass is 242 g/mol. The highest BCUT2D eigenvalue weighted by atomic mass is 32.2. The number of thioether (sulfide) groups is 1. The Balaban J connectivity index is 1.55. The van der Waals surface area contributed by atoms with Gasteiger partial charge in [-0.1, -0.05) is 0 Å². The lowest BCUT2D eigenvalue weighted by atomic mass is 10.2.